The van der Waals surface area contributed by atoms with Crippen LogP contribution < -0.4 is 9.47 Å². The maximum atomic E-state index is 13.7. The van der Waals surface area contributed by atoms with E-state index in [0.717, 1.165) is 27.8 Å². The molecule has 0 amide bonds. The molecule has 0 saturated carbocycles. The molecule has 5 rings (SSSR count). The number of allylic oxidation sites excluding steroid dienone is 1. The molecule has 8 heteroatoms. The van der Waals surface area contributed by atoms with Crippen molar-refractivity contribution in [2.75, 3.05) is 26.4 Å². The first-order valence-electron chi connectivity index (χ1n) is 12.6. The second-order valence-corrected chi connectivity index (χ2v) is 9.85. The predicted molar refractivity (Wildman–Crippen MR) is 139 cm³/mol. The molecule has 2 N–H and O–H groups in total. The highest BCUT2D eigenvalue weighted by Crippen LogP contribution is 2.47. The number of rotatable bonds is 8. The first-order valence-corrected chi connectivity index (χ1v) is 12.6. The van der Waals surface area contributed by atoms with Gasteiger partial charge in [-0.05, 0) is 79.1 Å². The molecule has 0 spiro atoms. The second-order valence-electron chi connectivity index (χ2n) is 9.85. The number of halogens is 3. The highest BCUT2D eigenvalue weighted by Gasteiger charge is 2.34. The van der Waals surface area contributed by atoms with Gasteiger partial charge in [0, 0.05) is 23.6 Å². The highest BCUT2D eigenvalue weighted by molar-refractivity contribution is 5.95. The third kappa shape index (κ3) is 5.31. The molecule has 0 bridgehead atoms. The zero-order valence-electron chi connectivity index (χ0n) is 21.0. The van der Waals surface area contributed by atoms with Gasteiger partial charge in [0.1, 0.15) is 41.8 Å². The van der Waals surface area contributed by atoms with Crippen molar-refractivity contribution in [2.24, 2.45) is 5.92 Å². The number of phenols is 2. The Balaban J connectivity index is 1.39. The molecule has 3 atom stereocenters. The minimum atomic E-state index is -2.60. The van der Waals surface area contributed by atoms with Crippen molar-refractivity contribution < 1.29 is 32.9 Å². The van der Waals surface area contributed by atoms with Crippen molar-refractivity contribution in [1.82, 2.24) is 4.90 Å². The Kier molecular flexibility index (Phi) is 7.51. The summed E-state index contributed by atoms with van der Waals surface area (Å²) in [7, 11) is 0. The van der Waals surface area contributed by atoms with E-state index >= 15 is 0 Å². The number of benzene rings is 3. The van der Waals surface area contributed by atoms with Crippen LogP contribution in [0.25, 0.3) is 11.1 Å². The molecule has 2 heterocycles. The Morgan fingerprint density at radius 3 is 2.47 bits per heavy atom. The lowest BCUT2D eigenvalue weighted by Gasteiger charge is -2.31. The van der Waals surface area contributed by atoms with E-state index in [-0.39, 0.29) is 24.0 Å². The SMILES string of the molecule is CC1=C(c2cccc(O)c2)C(c2ccc(OC[C@H](C(F)F)N3CC[C@@H](CF)C3)cc2)Oc2ccc(O)cc21. The third-order valence-corrected chi connectivity index (χ3v) is 7.33. The molecular formula is C30H30F3NO4. The van der Waals surface area contributed by atoms with Crippen molar-refractivity contribution >= 4 is 11.1 Å². The van der Waals surface area contributed by atoms with E-state index < -0.39 is 25.2 Å². The van der Waals surface area contributed by atoms with Gasteiger partial charge in [-0.1, -0.05) is 24.3 Å². The summed E-state index contributed by atoms with van der Waals surface area (Å²) in [5.74, 6) is 1.11. The number of nitrogens with zero attached hydrogens (tertiary/aromatic N) is 1. The standard InChI is InChI=1S/C30H30F3NO4/c1-18-25-14-23(36)7-10-27(25)38-29(28(18)21-3-2-4-22(35)13-21)20-5-8-24(9-6-20)37-17-26(30(32)33)34-12-11-19(15-31)16-34/h2-10,13-14,19,26,29-30,35-36H,11-12,15-17H2,1H3/t19-,26+,29?/m0/s1. The molecule has 0 radical (unpaired) electrons. The molecule has 200 valence electrons. The lowest BCUT2D eigenvalue weighted by Crippen LogP contribution is -2.43. The normalized spacial score (nSPS) is 20.3. The van der Waals surface area contributed by atoms with Gasteiger partial charge in [-0.3, -0.25) is 9.29 Å². The lowest BCUT2D eigenvalue weighted by molar-refractivity contribution is 0.00947. The maximum absolute atomic E-state index is 13.7. The fraction of sp³-hybridized carbons (Fsp3) is 0.333. The Bertz CT molecular complexity index is 1310. The molecule has 0 aliphatic carbocycles. The largest absolute Gasteiger partial charge is 0.508 e. The Morgan fingerprint density at radius 1 is 1.03 bits per heavy atom. The minimum Gasteiger partial charge on any atom is -0.508 e. The summed E-state index contributed by atoms with van der Waals surface area (Å²) in [5.41, 5.74) is 4.08. The van der Waals surface area contributed by atoms with Gasteiger partial charge < -0.3 is 19.7 Å². The molecule has 5 nitrogen and oxygen atoms in total. The summed E-state index contributed by atoms with van der Waals surface area (Å²) in [6.45, 7) is 2.01. The highest BCUT2D eigenvalue weighted by atomic mass is 19.3. The van der Waals surface area contributed by atoms with Gasteiger partial charge in [0.2, 0.25) is 0 Å². The fourth-order valence-corrected chi connectivity index (χ4v) is 5.27. The monoisotopic (exact) mass is 525 g/mol. The van der Waals surface area contributed by atoms with Gasteiger partial charge in [0.05, 0.1) is 6.67 Å². The molecule has 2 aliphatic rings. The Morgan fingerprint density at radius 2 is 1.79 bits per heavy atom. The molecule has 1 fully saturated rings. The predicted octanol–water partition coefficient (Wildman–Crippen LogP) is 6.47. The number of aromatic hydroxyl groups is 2. The van der Waals surface area contributed by atoms with Crippen LogP contribution in [0.3, 0.4) is 0 Å². The third-order valence-electron chi connectivity index (χ3n) is 7.33. The summed E-state index contributed by atoms with van der Waals surface area (Å²) < 4.78 is 52.6. The molecular weight excluding hydrogens is 495 g/mol. The van der Waals surface area contributed by atoms with Crippen LogP contribution in [0.5, 0.6) is 23.0 Å². The van der Waals surface area contributed by atoms with Crippen LogP contribution >= 0.6 is 0 Å². The molecule has 38 heavy (non-hydrogen) atoms. The van der Waals surface area contributed by atoms with E-state index in [1.807, 2.05) is 25.1 Å². The van der Waals surface area contributed by atoms with Crippen LogP contribution in [0.1, 0.15) is 36.1 Å². The first kappa shape index (κ1) is 26.0. The van der Waals surface area contributed by atoms with Crippen LogP contribution in [0, 0.1) is 5.92 Å². The Labute approximate surface area is 219 Å². The smallest absolute Gasteiger partial charge is 0.257 e. The van der Waals surface area contributed by atoms with Gasteiger partial charge in [0.15, 0.2) is 0 Å². The van der Waals surface area contributed by atoms with Crippen molar-refractivity contribution in [2.45, 2.75) is 31.9 Å². The molecule has 3 aromatic carbocycles. The van der Waals surface area contributed by atoms with Crippen LogP contribution in [-0.2, 0) is 0 Å². The topological polar surface area (TPSA) is 62.2 Å². The minimum absolute atomic E-state index is 0.122. The number of hydrogen-bond donors (Lipinski definition) is 2. The van der Waals surface area contributed by atoms with Crippen LogP contribution in [0.4, 0.5) is 13.2 Å². The van der Waals surface area contributed by atoms with Crippen molar-refractivity contribution in [3.63, 3.8) is 0 Å². The summed E-state index contributed by atoms with van der Waals surface area (Å²) in [5, 5.41) is 20.2. The Hall–Kier alpha value is -3.65. The maximum Gasteiger partial charge on any atom is 0.257 e. The van der Waals surface area contributed by atoms with Gasteiger partial charge in [-0.2, -0.15) is 0 Å². The summed E-state index contributed by atoms with van der Waals surface area (Å²) >= 11 is 0. The van der Waals surface area contributed by atoms with E-state index in [0.29, 0.717) is 31.0 Å². The van der Waals surface area contributed by atoms with E-state index in [2.05, 4.69) is 0 Å². The molecule has 3 aromatic rings. The van der Waals surface area contributed by atoms with Crippen molar-refractivity contribution in [1.29, 1.82) is 0 Å². The molecule has 1 unspecified atom stereocenters. The number of phenolic OH excluding ortho intramolecular Hbond substituents is 2. The van der Waals surface area contributed by atoms with E-state index in [1.165, 1.54) is 0 Å². The quantitative estimate of drug-likeness (QED) is 0.353. The first-order chi connectivity index (χ1) is 18.3. The number of likely N-dealkylation sites (tertiary alicyclic amines) is 1. The van der Waals surface area contributed by atoms with Gasteiger partial charge in [0.25, 0.3) is 6.43 Å². The second kappa shape index (κ2) is 11.0. The number of alkyl halides is 3. The number of hydrogen-bond acceptors (Lipinski definition) is 5. The van der Waals surface area contributed by atoms with Crippen LogP contribution in [0.2, 0.25) is 0 Å². The fourth-order valence-electron chi connectivity index (χ4n) is 5.27. The number of fused-ring (bicyclic) bond motifs is 1. The van der Waals surface area contributed by atoms with Crippen LogP contribution in [-0.4, -0.2) is 54.0 Å². The van der Waals surface area contributed by atoms with Crippen LogP contribution in [0.15, 0.2) is 66.7 Å². The zero-order valence-corrected chi connectivity index (χ0v) is 21.0. The van der Waals surface area contributed by atoms with Gasteiger partial charge in [-0.25, -0.2) is 8.78 Å². The van der Waals surface area contributed by atoms with Crippen molar-refractivity contribution in [3.8, 4) is 23.0 Å². The number of ether oxygens (including phenoxy) is 2. The van der Waals surface area contributed by atoms with E-state index in [9.17, 15) is 23.4 Å². The average Bonchev–Trinajstić information content (AvgIpc) is 3.38. The van der Waals surface area contributed by atoms with E-state index in [1.54, 1.807) is 53.4 Å². The molecule has 0 aromatic heterocycles. The summed E-state index contributed by atoms with van der Waals surface area (Å²) in [4.78, 5) is 1.61. The zero-order chi connectivity index (χ0) is 26.8. The summed E-state index contributed by atoms with van der Waals surface area (Å²) in [6.07, 6.45) is -2.54. The lowest BCUT2D eigenvalue weighted by atomic mass is 9.86. The average molecular weight is 526 g/mol. The summed E-state index contributed by atoms with van der Waals surface area (Å²) in [6, 6.07) is 17.8. The molecule has 1 saturated heterocycles. The molecule has 2 aliphatic heterocycles. The van der Waals surface area contributed by atoms with Crippen molar-refractivity contribution in [3.05, 3.63) is 83.4 Å². The van der Waals surface area contributed by atoms with E-state index in [4.69, 9.17) is 9.47 Å². The van der Waals surface area contributed by atoms with Gasteiger partial charge >= 0.3 is 0 Å². The van der Waals surface area contributed by atoms with Gasteiger partial charge in [-0.15, -0.1) is 0 Å².